The molecule has 2 amide bonds. The molecule has 1 aliphatic carbocycles. The number of likely N-dealkylation sites (tertiary alicyclic amines) is 1. The Hall–Kier alpha value is -4.07. The Morgan fingerprint density at radius 2 is 1.74 bits per heavy atom. The van der Waals surface area contributed by atoms with Crippen molar-refractivity contribution in [3.05, 3.63) is 77.7 Å². The van der Waals surface area contributed by atoms with Gasteiger partial charge in [-0.15, -0.1) is 0 Å². The van der Waals surface area contributed by atoms with Crippen LogP contribution in [0.15, 0.2) is 65.3 Å². The molecule has 8 heteroatoms. The molecule has 2 N–H and O–H groups in total. The summed E-state index contributed by atoms with van der Waals surface area (Å²) in [5, 5.41) is 12.2. The number of amides is 2. The van der Waals surface area contributed by atoms with Crippen molar-refractivity contribution in [2.24, 2.45) is 0 Å². The van der Waals surface area contributed by atoms with Gasteiger partial charge in [-0.25, -0.2) is 9.59 Å². The average Bonchev–Trinajstić information content (AvgIpc) is 3.54. The van der Waals surface area contributed by atoms with Crippen LogP contribution in [0.4, 0.5) is 10.5 Å². The monoisotopic (exact) mass is 460 g/mol. The molecule has 0 saturated carbocycles. The quantitative estimate of drug-likeness (QED) is 0.570. The fourth-order valence-corrected chi connectivity index (χ4v) is 4.95. The van der Waals surface area contributed by atoms with E-state index in [4.69, 9.17) is 9.15 Å². The van der Waals surface area contributed by atoms with Gasteiger partial charge in [0.1, 0.15) is 12.1 Å². The molecule has 2 aliphatic rings. The Morgan fingerprint density at radius 3 is 2.38 bits per heavy atom. The highest BCUT2D eigenvalue weighted by atomic mass is 16.5. The summed E-state index contributed by atoms with van der Waals surface area (Å²) in [5.41, 5.74) is 3.27. The Bertz CT molecular complexity index is 1240. The van der Waals surface area contributed by atoms with E-state index in [-0.39, 0.29) is 24.0 Å². The molecule has 34 heavy (non-hydrogen) atoms. The molecular weight excluding hydrogens is 436 g/mol. The number of hydrogen-bond acceptors (Lipinski definition) is 5. The number of ether oxygens (including phenoxy) is 1. The number of anilines is 1. The number of carbonyl (C=O) groups excluding carboxylic acids is 2. The van der Waals surface area contributed by atoms with E-state index in [9.17, 15) is 19.5 Å². The van der Waals surface area contributed by atoms with E-state index in [0.29, 0.717) is 19.4 Å². The minimum absolute atomic E-state index is 0.0931. The summed E-state index contributed by atoms with van der Waals surface area (Å²) >= 11 is 0. The number of carbonyl (C=O) groups is 3. The third-order valence-corrected chi connectivity index (χ3v) is 6.79. The van der Waals surface area contributed by atoms with E-state index in [2.05, 4.69) is 17.4 Å². The summed E-state index contributed by atoms with van der Waals surface area (Å²) in [5.74, 6) is -1.87. The Kier molecular flexibility index (Phi) is 5.36. The maximum absolute atomic E-state index is 13.0. The largest absolute Gasteiger partial charge is 0.480 e. The van der Waals surface area contributed by atoms with Gasteiger partial charge in [0.2, 0.25) is 5.76 Å². The lowest BCUT2D eigenvalue weighted by molar-refractivity contribution is -0.147. The first-order valence-electron chi connectivity index (χ1n) is 11.1. The number of nitrogens with one attached hydrogen (secondary N) is 1. The van der Waals surface area contributed by atoms with Crippen LogP contribution in [-0.2, 0) is 9.53 Å². The van der Waals surface area contributed by atoms with Crippen molar-refractivity contribution in [2.75, 3.05) is 18.5 Å². The Morgan fingerprint density at radius 1 is 1.09 bits per heavy atom. The summed E-state index contributed by atoms with van der Waals surface area (Å²) in [6, 6.07) is 17.5. The van der Waals surface area contributed by atoms with Gasteiger partial charge in [-0.05, 0) is 42.0 Å². The second kappa shape index (κ2) is 8.37. The number of nitrogens with zero attached hydrogens (tertiary/aromatic N) is 1. The number of furan rings is 1. The van der Waals surface area contributed by atoms with Gasteiger partial charge < -0.3 is 19.2 Å². The minimum Gasteiger partial charge on any atom is -0.480 e. The van der Waals surface area contributed by atoms with Gasteiger partial charge in [0.25, 0.3) is 5.91 Å². The number of hydrogen-bond donors (Lipinski definition) is 2. The van der Waals surface area contributed by atoms with Gasteiger partial charge >= 0.3 is 12.1 Å². The fraction of sp³-hybridized carbons (Fsp3) is 0.269. The van der Waals surface area contributed by atoms with Crippen LogP contribution in [0.5, 0.6) is 0 Å². The number of rotatable bonds is 5. The first kappa shape index (κ1) is 21.8. The first-order valence-corrected chi connectivity index (χ1v) is 11.1. The lowest BCUT2D eigenvalue weighted by Crippen LogP contribution is -2.50. The third kappa shape index (κ3) is 3.51. The fourth-order valence-electron chi connectivity index (χ4n) is 4.95. The molecule has 3 aromatic rings. The topological polar surface area (TPSA) is 109 Å². The molecule has 1 aromatic heterocycles. The molecular formula is C26H24N2O6. The zero-order valence-electron chi connectivity index (χ0n) is 18.6. The number of carboxylic acids is 1. The molecule has 0 radical (unpaired) electrons. The summed E-state index contributed by atoms with van der Waals surface area (Å²) in [7, 11) is 0. The second-order valence-electron chi connectivity index (χ2n) is 8.75. The number of fused-ring (bicyclic) bond motifs is 3. The Labute approximate surface area is 196 Å². The highest BCUT2D eigenvalue weighted by Crippen LogP contribution is 2.44. The maximum atomic E-state index is 13.0. The highest BCUT2D eigenvalue weighted by Gasteiger charge is 2.47. The van der Waals surface area contributed by atoms with Crippen LogP contribution in [-0.4, -0.2) is 46.7 Å². The molecule has 1 unspecified atom stereocenters. The summed E-state index contributed by atoms with van der Waals surface area (Å²) < 4.78 is 10.9. The van der Waals surface area contributed by atoms with Crippen LogP contribution in [0.25, 0.3) is 11.1 Å². The molecule has 174 valence electrons. The number of benzene rings is 2. The van der Waals surface area contributed by atoms with E-state index in [1.807, 2.05) is 36.4 Å². The van der Waals surface area contributed by atoms with Crippen molar-refractivity contribution >= 4 is 23.7 Å². The molecule has 1 fully saturated rings. The first-order chi connectivity index (χ1) is 16.4. The van der Waals surface area contributed by atoms with Gasteiger partial charge in [0.05, 0.1) is 12.0 Å². The zero-order valence-corrected chi connectivity index (χ0v) is 18.6. The molecule has 8 nitrogen and oxygen atoms in total. The molecule has 5 rings (SSSR count). The Balaban J connectivity index is 1.29. The third-order valence-electron chi connectivity index (χ3n) is 6.79. The zero-order chi connectivity index (χ0) is 23.9. The van der Waals surface area contributed by atoms with Gasteiger partial charge in [-0.3, -0.25) is 10.1 Å². The van der Waals surface area contributed by atoms with Crippen molar-refractivity contribution < 1.29 is 28.6 Å². The second-order valence-corrected chi connectivity index (χ2v) is 8.75. The predicted molar refractivity (Wildman–Crippen MR) is 124 cm³/mol. The number of aliphatic carboxylic acids is 1. The predicted octanol–water partition coefficient (Wildman–Crippen LogP) is 4.72. The van der Waals surface area contributed by atoms with Crippen molar-refractivity contribution in [3.8, 4) is 11.1 Å². The summed E-state index contributed by atoms with van der Waals surface area (Å²) in [6.07, 6.45) is 1.48. The molecule has 2 aromatic carbocycles. The molecule has 1 atom stereocenters. The molecule has 1 aliphatic heterocycles. The van der Waals surface area contributed by atoms with Crippen LogP contribution >= 0.6 is 0 Å². The van der Waals surface area contributed by atoms with Crippen molar-refractivity contribution in [1.29, 1.82) is 0 Å². The van der Waals surface area contributed by atoms with E-state index >= 15 is 0 Å². The molecule has 0 bridgehead atoms. The minimum atomic E-state index is -1.31. The van der Waals surface area contributed by atoms with Crippen LogP contribution in [0.3, 0.4) is 0 Å². The number of carboxylic acid groups (broad SMARTS) is 1. The summed E-state index contributed by atoms with van der Waals surface area (Å²) in [6.45, 7) is 1.94. The molecule has 0 spiro atoms. The van der Waals surface area contributed by atoms with Gasteiger partial charge in [0.15, 0.2) is 0 Å². The van der Waals surface area contributed by atoms with Crippen LogP contribution in [0.1, 0.15) is 47.4 Å². The van der Waals surface area contributed by atoms with E-state index < -0.39 is 23.5 Å². The van der Waals surface area contributed by atoms with Gasteiger partial charge in [-0.1, -0.05) is 48.5 Å². The van der Waals surface area contributed by atoms with Gasteiger partial charge in [-0.2, -0.15) is 0 Å². The van der Waals surface area contributed by atoms with E-state index in [0.717, 1.165) is 22.3 Å². The SMILES string of the molecule is CC1(C(=O)O)CCCN1C(=O)c1occc1NC(=O)OCC1c2ccccc2-c2ccccc21. The van der Waals surface area contributed by atoms with E-state index in [1.165, 1.54) is 24.2 Å². The highest BCUT2D eigenvalue weighted by molar-refractivity contribution is 6.02. The lowest BCUT2D eigenvalue weighted by atomic mass is 9.98. The van der Waals surface area contributed by atoms with Crippen molar-refractivity contribution in [3.63, 3.8) is 0 Å². The van der Waals surface area contributed by atoms with Crippen LogP contribution < -0.4 is 5.32 Å². The van der Waals surface area contributed by atoms with Crippen molar-refractivity contribution in [2.45, 2.75) is 31.2 Å². The smallest absolute Gasteiger partial charge is 0.411 e. The lowest BCUT2D eigenvalue weighted by Gasteiger charge is -2.30. The summed E-state index contributed by atoms with van der Waals surface area (Å²) in [4.78, 5) is 38.7. The normalized spacial score (nSPS) is 18.9. The van der Waals surface area contributed by atoms with Crippen molar-refractivity contribution in [1.82, 2.24) is 4.90 Å². The van der Waals surface area contributed by atoms with E-state index in [1.54, 1.807) is 0 Å². The average molecular weight is 460 g/mol. The standard InChI is InChI=1S/C26H24N2O6/c1-26(24(30)31)12-6-13-28(26)23(29)22-21(11-14-33-22)27-25(32)34-15-20-18-9-4-2-7-16(18)17-8-3-5-10-19(17)20/h2-5,7-11,14,20H,6,12-13,15H2,1H3,(H,27,32)(H,30,31). The molecule has 2 heterocycles. The molecule has 1 saturated heterocycles. The van der Waals surface area contributed by atoms with Crippen LogP contribution in [0, 0.1) is 0 Å². The van der Waals surface area contributed by atoms with Gasteiger partial charge in [0, 0.05) is 18.5 Å². The maximum Gasteiger partial charge on any atom is 0.411 e. The van der Waals surface area contributed by atoms with Crippen LogP contribution in [0.2, 0.25) is 0 Å².